The van der Waals surface area contributed by atoms with Crippen molar-refractivity contribution in [2.75, 3.05) is 13.2 Å². The summed E-state index contributed by atoms with van der Waals surface area (Å²) in [5.74, 6) is -0.777. The van der Waals surface area contributed by atoms with Crippen LogP contribution < -0.4 is 5.32 Å². The van der Waals surface area contributed by atoms with E-state index in [1.165, 1.54) is 6.42 Å². The number of hydrogen-bond donors (Lipinski definition) is 2. The smallest absolute Gasteiger partial charge is 0.320 e. The van der Waals surface area contributed by atoms with Crippen molar-refractivity contribution < 1.29 is 14.6 Å². The van der Waals surface area contributed by atoms with Crippen LogP contribution in [0.25, 0.3) is 0 Å². The highest BCUT2D eigenvalue weighted by Crippen LogP contribution is 2.21. The largest absolute Gasteiger partial charge is 0.480 e. The maximum Gasteiger partial charge on any atom is 0.320 e. The van der Waals surface area contributed by atoms with Crippen LogP contribution in [-0.2, 0) is 9.53 Å². The molecule has 88 valence electrons. The van der Waals surface area contributed by atoms with Gasteiger partial charge in [-0.05, 0) is 38.6 Å². The molecule has 0 amide bonds. The summed E-state index contributed by atoms with van der Waals surface area (Å²) in [5, 5.41) is 11.9. The Hall–Kier alpha value is -0.610. The average molecular weight is 215 g/mol. The normalized spacial score (nSPS) is 18.5. The van der Waals surface area contributed by atoms with Crippen molar-refractivity contribution in [1.29, 1.82) is 0 Å². The van der Waals surface area contributed by atoms with Gasteiger partial charge in [0.15, 0.2) is 0 Å². The Labute approximate surface area is 91.0 Å². The second-order valence-corrected chi connectivity index (χ2v) is 4.06. The summed E-state index contributed by atoms with van der Waals surface area (Å²) < 4.78 is 5.54. The number of carboxylic acid groups (broad SMARTS) is 1. The minimum atomic E-state index is -0.777. The van der Waals surface area contributed by atoms with E-state index < -0.39 is 12.0 Å². The number of ether oxygens (including phenoxy) is 1. The summed E-state index contributed by atoms with van der Waals surface area (Å²) in [6, 6.07) is -0.454. The second kappa shape index (κ2) is 6.80. The highest BCUT2D eigenvalue weighted by atomic mass is 16.5. The Morgan fingerprint density at radius 2 is 2.33 bits per heavy atom. The molecule has 1 unspecified atom stereocenters. The fourth-order valence-electron chi connectivity index (χ4n) is 1.52. The molecule has 15 heavy (non-hydrogen) atoms. The van der Waals surface area contributed by atoms with Crippen LogP contribution in [0.2, 0.25) is 0 Å². The first-order chi connectivity index (χ1) is 7.24. The molecule has 0 aromatic carbocycles. The van der Waals surface area contributed by atoms with Gasteiger partial charge in [0.1, 0.15) is 6.04 Å². The van der Waals surface area contributed by atoms with Gasteiger partial charge in [-0.2, -0.15) is 0 Å². The molecule has 2 N–H and O–H groups in total. The van der Waals surface area contributed by atoms with Crippen LogP contribution >= 0.6 is 0 Å². The van der Waals surface area contributed by atoms with Gasteiger partial charge in [-0.25, -0.2) is 0 Å². The molecule has 1 fully saturated rings. The zero-order valence-electron chi connectivity index (χ0n) is 9.37. The lowest BCUT2D eigenvalue weighted by Crippen LogP contribution is -2.38. The lowest BCUT2D eigenvalue weighted by molar-refractivity contribution is -0.140. The predicted octanol–water partition coefficient (Wildman–Crippen LogP) is 1.40. The molecular weight excluding hydrogens is 194 g/mol. The lowest BCUT2D eigenvalue weighted by Gasteiger charge is -2.26. The standard InChI is InChI=1S/C11H21NO3/c1-2-7-12-10(11(13)14)6-8-15-9-4-3-5-9/h9-10,12H,2-8H2,1H3,(H,13,14). The van der Waals surface area contributed by atoms with Crippen LogP contribution in [0.1, 0.15) is 39.0 Å². The third-order valence-corrected chi connectivity index (χ3v) is 2.75. The molecule has 1 atom stereocenters. The maximum absolute atomic E-state index is 10.8. The van der Waals surface area contributed by atoms with Crippen molar-refractivity contribution in [2.45, 2.75) is 51.2 Å². The predicted molar refractivity (Wildman–Crippen MR) is 57.9 cm³/mol. The van der Waals surface area contributed by atoms with E-state index in [9.17, 15) is 4.79 Å². The van der Waals surface area contributed by atoms with Gasteiger partial charge in [0, 0.05) is 6.61 Å². The number of carboxylic acids is 1. The van der Waals surface area contributed by atoms with E-state index in [0.717, 1.165) is 25.8 Å². The van der Waals surface area contributed by atoms with Crippen LogP contribution in [0.15, 0.2) is 0 Å². The first-order valence-corrected chi connectivity index (χ1v) is 5.81. The third-order valence-electron chi connectivity index (χ3n) is 2.75. The summed E-state index contributed by atoms with van der Waals surface area (Å²) in [7, 11) is 0. The van der Waals surface area contributed by atoms with E-state index in [2.05, 4.69) is 5.32 Å². The van der Waals surface area contributed by atoms with Gasteiger partial charge in [0.05, 0.1) is 6.10 Å². The zero-order valence-corrected chi connectivity index (χ0v) is 9.37. The Bertz CT molecular complexity index is 192. The zero-order chi connectivity index (χ0) is 11.1. The van der Waals surface area contributed by atoms with Crippen molar-refractivity contribution in [3.63, 3.8) is 0 Å². The molecule has 0 aromatic rings. The summed E-state index contributed by atoms with van der Waals surface area (Å²) >= 11 is 0. The third kappa shape index (κ3) is 4.62. The molecule has 1 aliphatic carbocycles. The van der Waals surface area contributed by atoms with Crippen LogP contribution in [0.5, 0.6) is 0 Å². The van der Waals surface area contributed by atoms with Gasteiger partial charge < -0.3 is 15.2 Å². The molecule has 1 aliphatic rings. The van der Waals surface area contributed by atoms with Crippen molar-refractivity contribution in [1.82, 2.24) is 5.32 Å². The Morgan fingerprint density at radius 3 is 2.80 bits per heavy atom. The lowest BCUT2D eigenvalue weighted by atomic mass is 9.96. The molecular formula is C11H21NO3. The van der Waals surface area contributed by atoms with Gasteiger partial charge in [-0.3, -0.25) is 4.79 Å². The van der Waals surface area contributed by atoms with Crippen LogP contribution in [0, 0.1) is 0 Å². The van der Waals surface area contributed by atoms with Crippen LogP contribution in [0.3, 0.4) is 0 Å². The number of aliphatic carboxylic acids is 1. The van der Waals surface area contributed by atoms with Crippen molar-refractivity contribution in [3.05, 3.63) is 0 Å². The van der Waals surface area contributed by atoms with Gasteiger partial charge in [-0.15, -0.1) is 0 Å². The number of hydrogen-bond acceptors (Lipinski definition) is 3. The molecule has 0 radical (unpaired) electrons. The fourth-order valence-corrected chi connectivity index (χ4v) is 1.52. The Balaban J connectivity index is 2.09. The number of carbonyl (C=O) groups is 1. The van der Waals surface area contributed by atoms with Gasteiger partial charge in [0.25, 0.3) is 0 Å². The molecule has 1 saturated carbocycles. The van der Waals surface area contributed by atoms with Crippen molar-refractivity contribution >= 4 is 5.97 Å². The maximum atomic E-state index is 10.8. The molecule has 4 nitrogen and oxygen atoms in total. The average Bonchev–Trinajstić information content (AvgIpc) is 2.13. The summed E-state index contributed by atoms with van der Waals surface area (Å²) in [6.45, 7) is 3.33. The molecule has 0 spiro atoms. The van der Waals surface area contributed by atoms with E-state index in [1.807, 2.05) is 6.92 Å². The molecule has 0 aromatic heterocycles. The molecule has 0 saturated heterocycles. The fraction of sp³-hybridized carbons (Fsp3) is 0.909. The summed E-state index contributed by atoms with van der Waals surface area (Å²) in [5.41, 5.74) is 0. The van der Waals surface area contributed by atoms with E-state index in [4.69, 9.17) is 9.84 Å². The minimum Gasteiger partial charge on any atom is -0.480 e. The van der Waals surface area contributed by atoms with Gasteiger partial charge in [0.2, 0.25) is 0 Å². The van der Waals surface area contributed by atoms with Gasteiger partial charge in [-0.1, -0.05) is 6.92 Å². The van der Waals surface area contributed by atoms with Gasteiger partial charge >= 0.3 is 5.97 Å². The van der Waals surface area contributed by atoms with E-state index in [-0.39, 0.29) is 0 Å². The molecule has 4 heteroatoms. The van der Waals surface area contributed by atoms with E-state index in [0.29, 0.717) is 19.1 Å². The molecule has 1 rings (SSSR count). The molecule has 0 aliphatic heterocycles. The Morgan fingerprint density at radius 1 is 1.60 bits per heavy atom. The van der Waals surface area contributed by atoms with E-state index >= 15 is 0 Å². The topological polar surface area (TPSA) is 58.6 Å². The van der Waals surface area contributed by atoms with Crippen molar-refractivity contribution in [3.8, 4) is 0 Å². The molecule has 0 bridgehead atoms. The van der Waals surface area contributed by atoms with Crippen LogP contribution in [0.4, 0.5) is 0 Å². The first-order valence-electron chi connectivity index (χ1n) is 5.81. The SMILES string of the molecule is CCCNC(CCOC1CCC1)C(=O)O. The highest BCUT2D eigenvalue weighted by Gasteiger charge is 2.20. The van der Waals surface area contributed by atoms with Crippen molar-refractivity contribution in [2.24, 2.45) is 0 Å². The monoisotopic (exact) mass is 215 g/mol. The highest BCUT2D eigenvalue weighted by molar-refractivity contribution is 5.73. The van der Waals surface area contributed by atoms with Crippen LogP contribution in [-0.4, -0.2) is 36.4 Å². The second-order valence-electron chi connectivity index (χ2n) is 4.06. The molecule has 0 heterocycles. The summed E-state index contributed by atoms with van der Waals surface area (Å²) in [4.78, 5) is 10.8. The summed E-state index contributed by atoms with van der Waals surface area (Å²) in [6.07, 6.45) is 5.44. The number of rotatable bonds is 8. The Kier molecular flexibility index (Phi) is 5.65. The quantitative estimate of drug-likeness (QED) is 0.642. The number of nitrogens with one attached hydrogen (secondary N) is 1. The first kappa shape index (κ1) is 12.5. The minimum absolute atomic E-state index is 0.394. The van der Waals surface area contributed by atoms with E-state index in [1.54, 1.807) is 0 Å².